The third kappa shape index (κ3) is 2.65. The van der Waals surface area contributed by atoms with Gasteiger partial charge in [0.1, 0.15) is 6.61 Å². The molecule has 0 fully saturated rings. The van der Waals surface area contributed by atoms with Gasteiger partial charge in [-0.2, -0.15) is 0 Å². The fourth-order valence-corrected chi connectivity index (χ4v) is 2.09. The molecule has 17 heavy (non-hydrogen) atoms. The quantitative estimate of drug-likeness (QED) is 0.494. The molecule has 3 N–H and O–H groups in total. The molecule has 0 atom stereocenters. The molecule has 1 aromatic heterocycles. The van der Waals surface area contributed by atoms with Crippen LogP contribution in [0.5, 0.6) is 5.88 Å². The van der Waals surface area contributed by atoms with Crippen LogP contribution < -0.4 is 10.5 Å². The highest BCUT2D eigenvalue weighted by atomic mass is 32.2. The minimum absolute atomic E-state index is 0.333. The van der Waals surface area contributed by atoms with E-state index in [1.165, 1.54) is 6.20 Å². The first-order valence-corrected chi connectivity index (χ1v) is 6.22. The van der Waals surface area contributed by atoms with Crippen molar-refractivity contribution in [2.24, 2.45) is 0 Å². The van der Waals surface area contributed by atoms with E-state index in [9.17, 15) is 0 Å². The zero-order valence-electron chi connectivity index (χ0n) is 9.33. The van der Waals surface area contributed by atoms with Gasteiger partial charge >= 0.3 is 0 Å². The lowest BCUT2D eigenvalue weighted by molar-refractivity contribution is 0.141. The number of aromatic nitrogens is 2. The number of hydrogen-bond donors (Lipinski definition) is 2. The van der Waals surface area contributed by atoms with Gasteiger partial charge in [-0.3, -0.25) is 0 Å². The molecule has 2 aromatic rings. The van der Waals surface area contributed by atoms with Crippen LogP contribution in [0.15, 0.2) is 35.4 Å². The smallest absolute Gasteiger partial charge is 0.236 e. The highest BCUT2D eigenvalue weighted by Crippen LogP contribution is 2.26. The topological polar surface area (TPSA) is 73.3 Å². The zero-order chi connectivity index (χ0) is 12.3. The van der Waals surface area contributed by atoms with E-state index in [4.69, 9.17) is 15.7 Å². The molecule has 0 unspecified atom stereocenters. The predicted octanol–water partition coefficient (Wildman–Crippen LogP) is 2.00. The Morgan fingerprint density at radius 2 is 2.29 bits per heavy atom. The van der Waals surface area contributed by atoms with Gasteiger partial charge in [-0.25, -0.2) is 0 Å². The average molecular weight is 251 g/mol. The van der Waals surface area contributed by atoms with E-state index in [2.05, 4.69) is 5.10 Å². The summed E-state index contributed by atoms with van der Waals surface area (Å²) in [4.78, 5) is 1.78. The van der Waals surface area contributed by atoms with Crippen molar-refractivity contribution in [3.63, 3.8) is 0 Å². The first kappa shape index (κ1) is 11.7. The summed E-state index contributed by atoms with van der Waals surface area (Å²) in [7, 11) is 0. The van der Waals surface area contributed by atoms with Crippen LogP contribution in [0.1, 0.15) is 5.56 Å². The standard InChI is InChI=1S/C11H13N3O2S/c1-17-10-4-2-3-9(12)8(10)7-16-11-5-6-14(15)13-11/h2-6,15H,7,12H2,1H3. The van der Waals surface area contributed by atoms with Gasteiger partial charge in [0, 0.05) is 22.2 Å². The first-order chi connectivity index (χ1) is 8.20. The van der Waals surface area contributed by atoms with Crippen molar-refractivity contribution in [2.45, 2.75) is 11.5 Å². The molecule has 1 aromatic carbocycles. The van der Waals surface area contributed by atoms with Crippen LogP contribution in [0.25, 0.3) is 0 Å². The maximum absolute atomic E-state index is 9.00. The Balaban J connectivity index is 2.13. The number of thioether (sulfide) groups is 1. The molecule has 0 aliphatic heterocycles. The maximum Gasteiger partial charge on any atom is 0.236 e. The second-order valence-corrected chi connectivity index (χ2v) is 4.24. The number of hydrogen-bond acceptors (Lipinski definition) is 5. The van der Waals surface area contributed by atoms with Gasteiger partial charge in [0.15, 0.2) is 0 Å². The molecule has 0 amide bonds. The van der Waals surface area contributed by atoms with Gasteiger partial charge in [0.25, 0.3) is 0 Å². The number of rotatable bonds is 4. The summed E-state index contributed by atoms with van der Waals surface area (Å²) in [5.74, 6) is 0.364. The second-order valence-electron chi connectivity index (χ2n) is 3.39. The average Bonchev–Trinajstić information content (AvgIpc) is 2.73. The molecule has 0 aliphatic carbocycles. The Hall–Kier alpha value is -1.82. The first-order valence-electron chi connectivity index (χ1n) is 5.00. The summed E-state index contributed by atoms with van der Waals surface area (Å²) in [6, 6.07) is 7.32. The largest absolute Gasteiger partial charge is 0.472 e. The van der Waals surface area contributed by atoms with Crippen LogP contribution in [-0.4, -0.2) is 21.4 Å². The fourth-order valence-electron chi connectivity index (χ4n) is 1.45. The van der Waals surface area contributed by atoms with Crippen LogP contribution >= 0.6 is 11.8 Å². The lowest BCUT2D eigenvalue weighted by atomic mass is 10.2. The molecule has 0 saturated heterocycles. The predicted molar refractivity (Wildman–Crippen MR) is 66.4 cm³/mol. The summed E-state index contributed by atoms with van der Waals surface area (Å²) < 4.78 is 5.45. The minimum Gasteiger partial charge on any atom is -0.472 e. The van der Waals surface area contributed by atoms with Crippen LogP contribution in [-0.2, 0) is 6.61 Å². The Morgan fingerprint density at radius 1 is 1.47 bits per heavy atom. The molecule has 0 saturated carbocycles. The Labute approximate surface area is 103 Å². The van der Waals surface area contributed by atoms with Crippen LogP contribution in [0.4, 0.5) is 5.69 Å². The van der Waals surface area contributed by atoms with Gasteiger partial charge in [0.05, 0.1) is 6.20 Å². The molecule has 0 aliphatic rings. The van der Waals surface area contributed by atoms with E-state index < -0.39 is 0 Å². The third-order valence-electron chi connectivity index (χ3n) is 2.31. The van der Waals surface area contributed by atoms with E-state index in [0.29, 0.717) is 23.0 Å². The van der Waals surface area contributed by atoms with E-state index in [-0.39, 0.29) is 0 Å². The summed E-state index contributed by atoms with van der Waals surface area (Å²) in [6.45, 7) is 0.333. The van der Waals surface area contributed by atoms with Crippen molar-refractivity contribution in [1.82, 2.24) is 9.94 Å². The molecule has 0 radical (unpaired) electrons. The van der Waals surface area contributed by atoms with Crippen molar-refractivity contribution < 1.29 is 9.94 Å². The van der Waals surface area contributed by atoms with E-state index >= 15 is 0 Å². The molecule has 0 spiro atoms. The van der Waals surface area contributed by atoms with Crippen molar-refractivity contribution in [3.05, 3.63) is 36.0 Å². The summed E-state index contributed by atoms with van der Waals surface area (Å²) in [6.07, 6.45) is 3.39. The summed E-state index contributed by atoms with van der Waals surface area (Å²) in [5.41, 5.74) is 7.53. The lowest BCUT2D eigenvalue weighted by Gasteiger charge is -2.10. The molecule has 90 valence electrons. The second kappa shape index (κ2) is 5.01. The molecular formula is C11H13N3O2S. The SMILES string of the molecule is CSc1cccc(N)c1COc1ccn(O)n1. The number of benzene rings is 1. The lowest BCUT2D eigenvalue weighted by Crippen LogP contribution is -2.02. The van der Waals surface area contributed by atoms with Gasteiger partial charge in [-0.15, -0.1) is 16.6 Å². The Bertz CT molecular complexity index is 513. The minimum atomic E-state index is 0.333. The normalized spacial score (nSPS) is 10.4. The summed E-state index contributed by atoms with van der Waals surface area (Å²) >= 11 is 1.61. The van der Waals surface area contributed by atoms with Crippen molar-refractivity contribution in [1.29, 1.82) is 0 Å². The van der Waals surface area contributed by atoms with Gasteiger partial charge in [0.2, 0.25) is 5.88 Å². The van der Waals surface area contributed by atoms with Crippen LogP contribution in [0.3, 0.4) is 0 Å². The molecule has 0 bridgehead atoms. The summed E-state index contributed by atoms with van der Waals surface area (Å²) in [5, 5.41) is 12.7. The van der Waals surface area contributed by atoms with Crippen LogP contribution in [0, 0.1) is 0 Å². The molecule has 2 rings (SSSR count). The monoisotopic (exact) mass is 251 g/mol. The maximum atomic E-state index is 9.00. The molecule has 6 heteroatoms. The number of nitrogen functional groups attached to an aromatic ring is 1. The Kier molecular flexibility index (Phi) is 3.43. The van der Waals surface area contributed by atoms with Crippen LogP contribution in [0.2, 0.25) is 0 Å². The zero-order valence-corrected chi connectivity index (χ0v) is 10.1. The Morgan fingerprint density at radius 3 is 2.94 bits per heavy atom. The fraction of sp³-hybridized carbons (Fsp3) is 0.182. The van der Waals surface area contributed by atoms with E-state index in [0.717, 1.165) is 10.5 Å². The van der Waals surface area contributed by atoms with Gasteiger partial charge in [-0.05, 0) is 18.4 Å². The molecular weight excluding hydrogens is 238 g/mol. The number of anilines is 1. The van der Waals surface area contributed by atoms with Crippen molar-refractivity contribution in [2.75, 3.05) is 12.0 Å². The number of nitrogens with zero attached hydrogens (tertiary/aromatic N) is 2. The number of ether oxygens (including phenoxy) is 1. The van der Waals surface area contributed by atoms with Gasteiger partial charge < -0.3 is 15.7 Å². The van der Waals surface area contributed by atoms with Crippen molar-refractivity contribution in [3.8, 4) is 5.88 Å². The molecule has 5 nitrogen and oxygen atoms in total. The van der Waals surface area contributed by atoms with E-state index in [1.807, 2.05) is 24.5 Å². The van der Waals surface area contributed by atoms with E-state index in [1.54, 1.807) is 17.8 Å². The van der Waals surface area contributed by atoms with Gasteiger partial charge in [-0.1, -0.05) is 11.2 Å². The third-order valence-corrected chi connectivity index (χ3v) is 3.13. The highest BCUT2D eigenvalue weighted by Gasteiger charge is 2.07. The highest BCUT2D eigenvalue weighted by molar-refractivity contribution is 7.98. The van der Waals surface area contributed by atoms with Crippen molar-refractivity contribution >= 4 is 17.4 Å². The number of nitrogens with two attached hydrogens (primary N) is 1. The molecule has 1 heterocycles.